The summed E-state index contributed by atoms with van der Waals surface area (Å²) in [6, 6.07) is 11.3. The van der Waals surface area contributed by atoms with E-state index < -0.39 is 4.92 Å². The molecule has 132 valence electrons. The van der Waals surface area contributed by atoms with Crippen LogP contribution in [0, 0.1) is 15.9 Å². The molecular formula is C17H14FN5O3. The molecule has 0 aliphatic heterocycles. The van der Waals surface area contributed by atoms with Crippen LogP contribution in [0.2, 0.25) is 0 Å². The lowest BCUT2D eigenvalue weighted by Gasteiger charge is -2.01. The average Bonchev–Trinajstić information content (AvgIpc) is 3.11. The van der Waals surface area contributed by atoms with Gasteiger partial charge in [0.2, 0.25) is 5.82 Å². The number of halogens is 1. The second-order valence-corrected chi connectivity index (χ2v) is 5.55. The molecule has 2 aromatic carbocycles. The van der Waals surface area contributed by atoms with Crippen molar-refractivity contribution in [3.05, 3.63) is 70.0 Å². The molecule has 0 atom stereocenters. The molecule has 0 bridgehead atoms. The third-order valence-electron chi connectivity index (χ3n) is 3.72. The standard InChI is InChI=1S/C17H14FN5O3/c18-14-7-3-12(4-8-14)16(24)2-1-11-22-20-17(19-21-22)13-5-9-15(10-6-13)23(25)26/h3-10H,1-2,11H2. The first-order chi connectivity index (χ1) is 12.5. The minimum atomic E-state index is -0.480. The fourth-order valence-corrected chi connectivity index (χ4v) is 2.35. The predicted molar refractivity (Wildman–Crippen MR) is 89.9 cm³/mol. The van der Waals surface area contributed by atoms with Gasteiger partial charge in [0.15, 0.2) is 5.78 Å². The molecule has 1 heterocycles. The molecule has 0 spiro atoms. The Labute approximate surface area is 147 Å². The Morgan fingerprint density at radius 1 is 1.12 bits per heavy atom. The molecule has 0 radical (unpaired) electrons. The van der Waals surface area contributed by atoms with Gasteiger partial charge in [-0.1, -0.05) is 0 Å². The first-order valence-electron chi connectivity index (χ1n) is 7.84. The van der Waals surface area contributed by atoms with Gasteiger partial charge in [-0.25, -0.2) is 4.39 Å². The van der Waals surface area contributed by atoms with Crippen molar-refractivity contribution in [1.82, 2.24) is 20.2 Å². The van der Waals surface area contributed by atoms with Crippen molar-refractivity contribution in [1.29, 1.82) is 0 Å². The van der Waals surface area contributed by atoms with Gasteiger partial charge in [-0.3, -0.25) is 14.9 Å². The second-order valence-electron chi connectivity index (χ2n) is 5.55. The number of aryl methyl sites for hydroxylation is 1. The summed E-state index contributed by atoms with van der Waals surface area (Å²) >= 11 is 0. The minimum absolute atomic E-state index is 0.0135. The molecule has 0 saturated heterocycles. The molecule has 1 aromatic heterocycles. The van der Waals surface area contributed by atoms with Gasteiger partial charge in [-0.05, 0) is 48.0 Å². The Morgan fingerprint density at radius 2 is 1.81 bits per heavy atom. The normalized spacial score (nSPS) is 10.7. The quantitative estimate of drug-likeness (QED) is 0.366. The lowest BCUT2D eigenvalue weighted by atomic mass is 10.1. The van der Waals surface area contributed by atoms with E-state index >= 15 is 0 Å². The summed E-state index contributed by atoms with van der Waals surface area (Å²) < 4.78 is 12.9. The number of carbonyl (C=O) groups excluding carboxylic acids is 1. The van der Waals surface area contributed by atoms with E-state index in [1.165, 1.54) is 41.2 Å². The monoisotopic (exact) mass is 355 g/mol. The molecule has 0 N–H and O–H groups in total. The number of benzene rings is 2. The zero-order valence-corrected chi connectivity index (χ0v) is 13.6. The van der Waals surface area contributed by atoms with Crippen LogP contribution in [0.1, 0.15) is 23.2 Å². The number of nitro benzene ring substituents is 1. The Kier molecular flexibility index (Phi) is 5.07. The van der Waals surface area contributed by atoms with Crippen LogP contribution in [0.25, 0.3) is 11.4 Å². The first kappa shape index (κ1) is 17.3. The molecule has 0 aliphatic rings. The number of aromatic nitrogens is 4. The van der Waals surface area contributed by atoms with Crippen molar-refractivity contribution in [3.8, 4) is 11.4 Å². The van der Waals surface area contributed by atoms with Gasteiger partial charge in [-0.2, -0.15) is 4.80 Å². The maximum absolute atomic E-state index is 12.9. The highest BCUT2D eigenvalue weighted by molar-refractivity contribution is 5.95. The van der Waals surface area contributed by atoms with Crippen molar-refractivity contribution in [2.75, 3.05) is 0 Å². The molecular weight excluding hydrogens is 341 g/mol. The molecule has 26 heavy (non-hydrogen) atoms. The smallest absolute Gasteiger partial charge is 0.269 e. The van der Waals surface area contributed by atoms with E-state index in [9.17, 15) is 19.3 Å². The zero-order chi connectivity index (χ0) is 18.5. The maximum Gasteiger partial charge on any atom is 0.269 e. The summed E-state index contributed by atoms with van der Waals surface area (Å²) in [5.74, 6) is -0.113. The van der Waals surface area contributed by atoms with E-state index in [4.69, 9.17) is 0 Å². The highest BCUT2D eigenvalue weighted by Crippen LogP contribution is 2.18. The van der Waals surface area contributed by atoms with E-state index in [1.54, 1.807) is 12.1 Å². The van der Waals surface area contributed by atoms with Crippen LogP contribution in [0.4, 0.5) is 10.1 Å². The molecule has 0 unspecified atom stereocenters. The number of nitro groups is 1. The molecule has 0 aliphatic carbocycles. The maximum atomic E-state index is 12.9. The minimum Gasteiger partial charge on any atom is -0.294 e. The lowest BCUT2D eigenvalue weighted by Crippen LogP contribution is -2.06. The van der Waals surface area contributed by atoms with Crippen LogP contribution in [-0.2, 0) is 6.54 Å². The first-order valence-corrected chi connectivity index (χ1v) is 7.84. The number of tetrazole rings is 1. The van der Waals surface area contributed by atoms with E-state index in [-0.39, 0.29) is 23.7 Å². The number of carbonyl (C=O) groups is 1. The van der Waals surface area contributed by atoms with Crippen molar-refractivity contribution in [3.63, 3.8) is 0 Å². The lowest BCUT2D eigenvalue weighted by molar-refractivity contribution is -0.384. The average molecular weight is 355 g/mol. The number of nitrogens with zero attached hydrogens (tertiary/aromatic N) is 5. The molecule has 0 saturated carbocycles. The van der Waals surface area contributed by atoms with Crippen LogP contribution >= 0.6 is 0 Å². The Bertz CT molecular complexity index is 922. The van der Waals surface area contributed by atoms with E-state index in [0.717, 1.165) is 0 Å². The molecule has 8 nitrogen and oxygen atoms in total. The molecule has 9 heteroatoms. The highest BCUT2D eigenvalue weighted by atomic mass is 19.1. The summed E-state index contributed by atoms with van der Waals surface area (Å²) in [6.45, 7) is 0.396. The summed E-state index contributed by atoms with van der Waals surface area (Å²) in [5, 5.41) is 22.7. The number of Topliss-reactive ketones (excluding diaryl/α,β-unsaturated/α-hetero) is 1. The summed E-state index contributed by atoms with van der Waals surface area (Å²) in [4.78, 5) is 23.6. The van der Waals surface area contributed by atoms with Crippen molar-refractivity contribution in [2.45, 2.75) is 19.4 Å². The van der Waals surface area contributed by atoms with E-state index in [2.05, 4.69) is 15.4 Å². The van der Waals surface area contributed by atoms with Crippen molar-refractivity contribution in [2.24, 2.45) is 0 Å². The van der Waals surface area contributed by atoms with Crippen molar-refractivity contribution >= 4 is 11.5 Å². The summed E-state index contributed by atoms with van der Waals surface area (Å²) in [7, 11) is 0. The largest absolute Gasteiger partial charge is 0.294 e. The Balaban J connectivity index is 1.56. The second kappa shape index (κ2) is 7.60. The van der Waals surface area contributed by atoms with E-state index in [1.807, 2.05) is 0 Å². The van der Waals surface area contributed by atoms with Crippen LogP contribution in [0.15, 0.2) is 48.5 Å². The number of hydrogen-bond acceptors (Lipinski definition) is 6. The van der Waals surface area contributed by atoms with Crippen LogP contribution in [-0.4, -0.2) is 30.9 Å². The van der Waals surface area contributed by atoms with Gasteiger partial charge in [0.05, 0.1) is 11.5 Å². The molecule has 3 rings (SSSR count). The van der Waals surface area contributed by atoms with Gasteiger partial charge >= 0.3 is 0 Å². The fraction of sp³-hybridized carbons (Fsp3) is 0.176. The Morgan fingerprint density at radius 3 is 2.46 bits per heavy atom. The molecule has 0 fully saturated rings. The summed E-state index contributed by atoms with van der Waals surface area (Å²) in [6.07, 6.45) is 0.784. The van der Waals surface area contributed by atoms with Gasteiger partial charge in [0.25, 0.3) is 5.69 Å². The molecule has 0 amide bonds. The number of hydrogen-bond donors (Lipinski definition) is 0. The van der Waals surface area contributed by atoms with Gasteiger partial charge in [-0.15, -0.1) is 10.2 Å². The predicted octanol–water partition coefficient (Wildman–Crippen LogP) is 3.05. The molecule has 3 aromatic rings. The number of rotatable bonds is 7. The van der Waals surface area contributed by atoms with Crippen LogP contribution in [0.5, 0.6) is 0 Å². The topological polar surface area (TPSA) is 104 Å². The highest BCUT2D eigenvalue weighted by Gasteiger charge is 2.10. The van der Waals surface area contributed by atoms with Crippen LogP contribution < -0.4 is 0 Å². The van der Waals surface area contributed by atoms with E-state index in [0.29, 0.717) is 29.9 Å². The summed E-state index contributed by atoms with van der Waals surface area (Å²) in [5.41, 5.74) is 1.06. The van der Waals surface area contributed by atoms with Crippen molar-refractivity contribution < 1.29 is 14.1 Å². The number of ketones is 1. The third-order valence-corrected chi connectivity index (χ3v) is 3.72. The van der Waals surface area contributed by atoms with Gasteiger partial charge in [0.1, 0.15) is 5.82 Å². The number of non-ortho nitro benzene ring substituents is 1. The third kappa shape index (κ3) is 4.12. The fourth-order valence-electron chi connectivity index (χ4n) is 2.35. The van der Waals surface area contributed by atoms with Gasteiger partial charge in [0, 0.05) is 29.7 Å². The van der Waals surface area contributed by atoms with Crippen LogP contribution in [0.3, 0.4) is 0 Å². The Hall–Kier alpha value is -3.49. The van der Waals surface area contributed by atoms with Gasteiger partial charge < -0.3 is 0 Å². The SMILES string of the molecule is O=C(CCCn1nnc(-c2ccc([N+](=O)[O-])cc2)n1)c1ccc(F)cc1. The zero-order valence-electron chi connectivity index (χ0n) is 13.6.